The fourth-order valence-corrected chi connectivity index (χ4v) is 2.65. The highest BCUT2D eigenvalue weighted by atomic mass is 35.5. The van der Waals surface area contributed by atoms with Gasteiger partial charge in [-0.2, -0.15) is 5.10 Å². The number of hydrogen-bond donors (Lipinski definition) is 2. The zero-order chi connectivity index (χ0) is 21.9. The van der Waals surface area contributed by atoms with E-state index in [1.165, 1.54) is 25.5 Å². The van der Waals surface area contributed by atoms with Gasteiger partial charge in [-0.05, 0) is 30.3 Å². The van der Waals surface area contributed by atoms with Gasteiger partial charge in [-0.15, -0.1) is 0 Å². The molecule has 0 heterocycles. The van der Waals surface area contributed by atoms with Crippen molar-refractivity contribution in [3.8, 4) is 11.5 Å². The van der Waals surface area contributed by atoms with Gasteiger partial charge in [0, 0.05) is 24.1 Å². The highest BCUT2D eigenvalue weighted by molar-refractivity contribution is 6.42. The van der Waals surface area contributed by atoms with Crippen molar-refractivity contribution < 1.29 is 19.1 Å². The molecule has 0 saturated heterocycles. The Labute approximate surface area is 184 Å². The van der Waals surface area contributed by atoms with E-state index >= 15 is 0 Å². The molecular weight excluding hydrogens is 429 g/mol. The van der Waals surface area contributed by atoms with E-state index in [9.17, 15) is 9.59 Å². The SMILES string of the molecule is C=CCOc1c(C=NNC(=O)CCNC(=O)c2ccc(Cl)c(Cl)c2)cccc1OC. The van der Waals surface area contributed by atoms with Crippen LogP contribution in [0.5, 0.6) is 11.5 Å². The summed E-state index contributed by atoms with van der Waals surface area (Å²) in [5, 5.41) is 7.21. The molecule has 0 radical (unpaired) electrons. The molecule has 2 aromatic rings. The lowest BCUT2D eigenvalue weighted by molar-refractivity contribution is -0.120. The summed E-state index contributed by atoms with van der Waals surface area (Å²) in [6, 6.07) is 9.85. The highest BCUT2D eigenvalue weighted by Gasteiger charge is 2.10. The summed E-state index contributed by atoms with van der Waals surface area (Å²) >= 11 is 11.7. The highest BCUT2D eigenvalue weighted by Crippen LogP contribution is 2.30. The molecule has 0 fully saturated rings. The first kappa shape index (κ1) is 23.3. The van der Waals surface area contributed by atoms with E-state index in [2.05, 4.69) is 22.4 Å². The van der Waals surface area contributed by atoms with Gasteiger partial charge >= 0.3 is 0 Å². The van der Waals surface area contributed by atoms with Crippen molar-refractivity contribution in [3.63, 3.8) is 0 Å². The molecule has 2 aromatic carbocycles. The molecule has 2 N–H and O–H groups in total. The molecule has 0 aliphatic rings. The lowest BCUT2D eigenvalue weighted by Crippen LogP contribution is -2.29. The second-order valence-electron chi connectivity index (χ2n) is 5.91. The average molecular weight is 450 g/mol. The van der Waals surface area contributed by atoms with Gasteiger partial charge in [0.1, 0.15) is 6.61 Å². The molecule has 0 atom stereocenters. The molecule has 0 aliphatic heterocycles. The maximum Gasteiger partial charge on any atom is 0.251 e. The molecule has 0 bridgehead atoms. The fourth-order valence-electron chi connectivity index (χ4n) is 2.35. The molecule has 2 amide bonds. The lowest BCUT2D eigenvalue weighted by atomic mass is 10.2. The number of carbonyl (C=O) groups excluding carboxylic acids is 2. The van der Waals surface area contributed by atoms with E-state index in [1.807, 2.05) is 0 Å². The van der Waals surface area contributed by atoms with Crippen LogP contribution in [0, 0.1) is 0 Å². The van der Waals surface area contributed by atoms with Crippen LogP contribution in [0.25, 0.3) is 0 Å². The predicted octanol–water partition coefficient (Wildman–Crippen LogP) is 3.84. The number of nitrogens with one attached hydrogen (secondary N) is 2. The summed E-state index contributed by atoms with van der Waals surface area (Å²) in [7, 11) is 1.53. The van der Waals surface area contributed by atoms with Crippen LogP contribution in [0.4, 0.5) is 0 Å². The largest absolute Gasteiger partial charge is 0.493 e. The van der Waals surface area contributed by atoms with Crippen LogP contribution in [-0.4, -0.2) is 38.3 Å². The van der Waals surface area contributed by atoms with Crippen LogP contribution in [0.2, 0.25) is 10.0 Å². The Kier molecular flexibility index (Phi) is 9.18. The number of carbonyl (C=O) groups is 2. The van der Waals surface area contributed by atoms with Gasteiger partial charge in [-0.1, -0.05) is 41.9 Å². The Morgan fingerprint density at radius 2 is 2.00 bits per heavy atom. The lowest BCUT2D eigenvalue weighted by Gasteiger charge is -2.11. The monoisotopic (exact) mass is 449 g/mol. The zero-order valence-electron chi connectivity index (χ0n) is 16.3. The van der Waals surface area contributed by atoms with Crippen LogP contribution in [-0.2, 0) is 4.79 Å². The van der Waals surface area contributed by atoms with Crippen LogP contribution in [0.3, 0.4) is 0 Å². The standard InChI is InChI=1S/C21H21Cl2N3O4/c1-3-11-30-20-15(5-4-6-18(20)29-2)13-25-26-19(27)9-10-24-21(28)14-7-8-16(22)17(23)12-14/h3-8,12-13H,1,9-11H2,2H3,(H,24,28)(H,26,27). The second-order valence-corrected chi connectivity index (χ2v) is 6.72. The summed E-state index contributed by atoms with van der Waals surface area (Å²) in [5.74, 6) is 0.311. The number of ether oxygens (including phenoxy) is 2. The van der Waals surface area contributed by atoms with Gasteiger partial charge < -0.3 is 14.8 Å². The number of hydrazone groups is 1. The first-order valence-electron chi connectivity index (χ1n) is 8.92. The fraction of sp³-hybridized carbons (Fsp3) is 0.190. The topological polar surface area (TPSA) is 89.0 Å². The summed E-state index contributed by atoms with van der Waals surface area (Å²) in [4.78, 5) is 24.0. The van der Waals surface area contributed by atoms with E-state index in [0.29, 0.717) is 34.3 Å². The number of halogens is 2. The van der Waals surface area contributed by atoms with Crippen molar-refractivity contribution in [3.05, 3.63) is 70.2 Å². The number of nitrogens with zero attached hydrogens (tertiary/aromatic N) is 1. The third kappa shape index (κ3) is 6.79. The average Bonchev–Trinajstić information content (AvgIpc) is 2.74. The zero-order valence-corrected chi connectivity index (χ0v) is 17.8. The Morgan fingerprint density at radius 1 is 1.20 bits per heavy atom. The Bertz CT molecular complexity index is 948. The van der Waals surface area contributed by atoms with Gasteiger partial charge in [0.25, 0.3) is 5.91 Å². The number of para-hydroxylation sites is 1. The van der Waals surface area contributed by atoms with Gasteiger partial charge in [-0.25, -0.2) is 5.43 Å². The predicted molar refractivity (Wildman–Crippen MR) is 118 cm³/mol. The number of rotatable bonds is 10. The summed E-state index contributed by atoms with van der Waals surface area (Å²) in [6.45, 7) is 4.05. The first-order valence-corrected chi connectivity index (χ1v) is 9.67. The molecule has 2 rings (SSSR count). The molecule has 0 spiro atoms. The Balaban J connectivity index is 1.86. The third-order valence-corrected chi connectivity index (χ3v) is 4.53. The molecule has 9 heteroatoms. The van der Waals surface area contributed by atoms with Crippen molar-refractivity contribution in [2.75, 3.05) is 20.3 Å². The Hall–Kier alpha value is -3.03. The van der Waals surface area contributed by atoms with Crippen molar-refractivity contribution in [1.82, 2.24) is 10.7 Å². The van der Waals surface area contributed by atoms with Crippen molar-refractivity contribution in [1.29, 1.82) is 0 Å². The van der Waals surface area contributed by atoms with E-state index in [0.717, 1.165) is 0 Å². The quantitative estimate of drug-likeness (QED) is 0.327. The van der Waals surface area contributed by atoms with Gasteiger partial charge in [0.15, 0.2) is 11.5 Å². The second kappa shape index (κ2) is 11.8. The summed E-state index contributed by atoms with van der Waals surface area (Å²) in [5.41, 5.74) is 3.39. The number of methoxy groups -OCH3 is 1. The summed E-state index contributed by atoms with van der Waals surface area (Å²) in [6.07, 6.45) is 3.11. The minimum atomic E-state index is -0.364. The number of amides is 2. The minimum absolute atomic E-state index is 0.0440. The molecule has 158 valence electrons. The molecule has 0 saturated carbocycles. The minimum Gasteiger partial charge on any atom is -0.493 e. The maximum absolute atomic E-state index is 12.1. The van der Waals surface area contributed by atoms with Gasteiger partial charge in [0.2, 0.25) is 5.91 Å². The summed E-state index contributed by atoms with van der Waals surface area (Å²) < 4.78 is 10.9. The van der Waals surface area contributed by atoms with E-state index in [1.54, 1.807) is 30.3 Å². The Morgan fingerprint density at radius 3 is 2.70 bits per heavy atom. The van der Waals surface area contributed by atoms with Crippen LogP contribution < -0.4 is 20.2 Å². The van der Waals surface area contributed by atoms with Crippen molar-refractivity contribution in [2.45, 2.75) is 6.42 Å². The van der Waals surface area contributed by atoms with Gasteiger partial charge in [0.05, 0.1) is 23.4 Å². The molecule has 0 aromatic heterocycles. The van der Waals surface area contributed by atoms with Crippen LogP contribution in [0.1, 0.15) is 22.3 Å². The molecule has 7 nitrogen and oxygen atoms in total. The number of benzene rings is 2. The molecule has 0 unspecified atom stereocenters. The number of hydrogen-bond acceptors (Lipinski definition) is 5. The van der Waals surface area contributed by atoms with Crippen LogP contribution >= 0.6 is 23.2 Å². The maximum atomic E-state index is 12.1. The third-order valence-electron chi connectivity index (χ3n) is 3.79. The smallest absolute Gasteiger partial charge is 0.251 e. The van der Waals surface area contributed by atoms with E-state index in [4.69, 9.17) is 32.7 Å². The first-order chi connectivity index (χ1) is 14.5. The van der Waals surface area contributed by atoms with E-state index in [-0.39, 0.29) is 29.8 Å². The van der Waals surface area contributed by atoms with E-state index < -0.39 is 0 Å². The normalized spacial score (nSPS) is 10.5. The van der Waals surface area contributed by atoms with Crippen LogP contribution in [0.15, 0.2) is 54.2 Å². The van der Waals surface area contributed by atoms with Crippen molar-refractivity contribution in [2.24, 2.45) is 5.10 Å². The molecule has 0 aliphatic carbocycles. The molecule has 30 heavy (non-hydrogen) atoms. The van der Waals surface area contributed by atoms with Crippen molar-refractivity contribution >= 4 is 41.2 Å². The van der Waals surface area contributed by atoms with Gasteiger partial charge in [-0.3, -0.25) is 9.59 Å². The molecular formula is C21H21Cl2N3O4.